The molecule has 0 bridgehead atoms. The van der Waals surface area contributed by atoms with Crippen LogP contribution in [0.4, 0.5) is 0 Å². The second-order valence-corrected chi connectivity index (χ2v) is 4.61. The van der Waals surface area contributed by atoms with Gasteiger partial charge in [-0.15, -0.1) is 11.8 Å². The van der Waals surface area contributed by atoms with Crippen LogP contribution in [0, 0.1) is 25.7 Å². The molecule has 0 heterocycles. The Bertz CT molecular complexity index is 406. The van der Waals surface area contributed by atoms with Gasteiger partial charge in [0, 0.05) is 10.9 Å². The molecule has 0 aliphatic rings. The Balaban J connectivity index is 3.04. The summed E-state index contributed by atoms with van der Waals surface area (Å²) in [6, 6.07) is 4.37. The van der Waals surface area contributed by atoms with Gasteiger partial charge in [0.2, 0.25) is 0 Å². The number of hydrogen-bond acceptors (Lipinski definition) is 2. The Morgan fingerprint density at radius 1 is 1.38 bits per heavy atom. The molecule has 0 spiro atoms. The number of aryl methyl sites for hydroxylation is 2. The summed E-state index contributed by atoms with van der Waals surface area (Å²) in [6.07, 6.45) is 0.730. The summed E-state index contributed by atoms with van der Waals surface area (Å²) < 4.78 is 1.16. The highest BCUT2D eigenvalue weighted by molar-refractivity contribution is 9.10. The third kappa shape index (κ3) is 3.08. The maximum absolute atomic E-state index is 5.55. The van der Waals surface area contributed by atoms with E-state index in [9.17, 15) is 0 Å². The Kier molecular flexibility index (Phi) is 5.01. The van der Waals surface area contributed by atoms with Crippen molar-refractivity contribution < 1.29 is 0 Å². The van der Waals surface area contributed by atoms with Crippen LogP contribution in [0.25, 0.3) is 0 Å². The average molecular weight is 281 g/mol. The van der Waals surface area contributed by atoms with Crippen LogP contribution in [-0.2, 0) is 0 Å². The van der Waals surface area contributed by atoms with Gasteiger partial charge < -0.3 is 0 Å². The third-order valence-electron chi connectivity index (χ3n) is 2.55. The molecule has 0 aromatic heterocycles. The average Bonchev–Trinajstić information content (AvgIpc) is 2.26. The van der Waals surface area contributed by atoms with Crippen LogP contribution in [0.1, 0.15) is 36.1 Å². The van der Waals surface area contributed by atoms with Gasteiger partial charge in [-0.25, -0.2) is 0 Å². The molecule has 1 unspecified atom stereocenters. The molecular formula is C13H17BrN2. The van der Waals surface area contributed by atoms with Crippen LogP contribution < -0.4 is 11.3 Å². The largest absolute Gasteiger partial charge is 0.271 e. The minimum Gasteiger partial charge on any atom is -0.271 e. The molecule has 86 valence electrons. The first-order valence-electron chi connectivity index (χ1n) is 5.22. The van der Waals surface area contributed by atoms with Crippen molar-refractivity contribution in [2.45, 2.75) is 33.2 Å². The summed E-state index contributed by atoms with van der Waals surface area (Å²) in [5, 5.41) is 0. The zero-order chi connectivity index (χ0) is 12.1. The lowest BCUT2D eigenvalue weighted by Crippen LogP contribution is -2.27. The zero-order valence-electron chi connectivity index (χ0n) is 9.89. The van der Waals surface area contributed by atoms with E-state index in [1.165, 1.54) is 16.7 Å². The van der Waals surface area contributed by atoms with Crippen LogP contribution >= 0.6 is 15.9 Å². The molecule has 0 radical (unpaired) electrons. The Labute approximate surface area is 106 Å². The van der Waals surface area contributed by atoms with E-state index in [0.29, 0.717) is 0 Å². The van der Waals surface area contributed by atoms with E-state index in [-0.39, 0.29) is 6.04 Å². The molecule has 2 nitrogen and oxygen atoms in total. The van der Waals surface area contributed by atoms with E-state index in [1.807, 2.05) is 6.92 Å². The number of nitrogens with two attached hydrogens (primary N) is 1. The van der Waals surface area contributed by atoms with Gasteiger partial charge >= 0.3 is 0 Å². The third-order valence-corrected chi connectivity index (χ3v) is 3.80. The standard InChI is InChI=1S/C13H17BrN2/c1-4-5-6-12(16-15)11-7-9(2)13(14)10(3)8-11/h7-8,12,16H,6,15H2,1-3H3. The van der Waals surface area contributed by atoms with Crippen LogP contribution in [0.2, 0.25) is 0 Å². The highest BCUT2D eigenvalue weighted by Gasteiger charge is 2.10. The van der Waals surface area contributed by atoms with Crippen molar-refractivity contribution in [2.24, 2.45) is 5.84 Å². The highest BCUT2D eigenvalue weighted by atomic mass is 79.9. The number of benzene rings is 1. The monoisotopic (exact) mass is 280 g/mol. The predicted molar refractivity (Wildman–Crippen MR) is 71.7 cm³/mol. The maximum Gasteiger partial charge on any atom is 0.0569 e. The lowest BCUT2D eigenvalue weighted by molar-refractivity contribution is 0.567. The Morgan fingerprint density at radius 2 is 1.94 bits per heavy atom. The van der Waals surface area contributed by atoms with E-state index in [4.69, 9.17) is 5.84 Å². The molecule has 1 atom stereocenters. The molecule has 1 aromatic rings. The smallest absolute Gasteiger partial charge is 0.0569 e. The molecule has 3 heteroatoms. The fourth-order valence-corrected chi connectivity index (χ4v) is 1.89. The van der Waals surface area contributed by atoms with Gasteiger partial charge in [0.15, 0.2) is 0 Å². The van der Waals surface area contributed by atoms with Gasteiger partial charge in [0.25, 0.3) is 0 Å². The summed E-state index contributed by atoms with van der Waals surface area (Å²) in [6.45, 7) is 6.00. The van der Waals surface area contributed by atoms with Crippen LogP contribution in [0.15, 0.2) is 16.6 Å². The van der Waals surface area contributed by atoms with Crippen molar-refractivity contribution in [2.75, 3.05) is 0 Å². The van der Waals surface area contributed by atoms with E-state index in [0.717, 1.165) is 10.9 Å². The molecule has 0 aliphatic carbocycles. The first kappa shape index (κ1) is 13.2. The van der Waals surface area contributed by atoms with E-state index >= 15 is 0 Å². The van der Waals surface area contributed by atoms with Gasteiger partial charge in [-0.05, 0) is 37.5 Å². The Hall–Kier alpha value is -0.820. The normalized spacial score (nSPS) is 11.8. The van der Waals surface area contributed by atoms with E-state index in [2.05, 4.69) is 59.2 Å². The molecular weight excluding hydrogens is 264 g/mol. The molecule has 16 heavy (non-hydrogen) atoms. The second kappa shape index (κ2) is 6.05. The number of halogens is 1. The van der Waals surface area contributed by atoms with Crippen molar-refractivity contribution in [1.82, 2.24) is 5.43 Å². The lowest BCUT2D eigenvalue weighted by Gasteiger charge is -2.16. The molecule has 0 amide bonds. The number of hydrogen-bond donors (Lipinski definition) is 2. The molecule has 3 N–H and O–H groups in total. The molecule has 1 aromatic carbocycles. The lowest BCUT2D eigenvalue weighted by atomic mass is 10.00. The van der Waals surface area contributed by atoms with Crippen LogP contribution in [0.3, 0.4) is 0 Å². The number of nitrogens with one attached hydrogen (secondary N) is 1. The molecule has 0 saturated heterocycles. The van der Waals surface area contributed by atoms with E-state index in [1.54, 1.807) is 0 Å². The fourth-order valence-electron chi connectivity index (χ4n) is 1.66. The minimum absolute atomic E-state index is 0.0953. The van der Waals surface area contributed by atoms with Crippen molar-refractivity contribution in [3.8, 4) is 11.8 Å². The highest BCUT2D eigenvalue weighted by Crippen LogP contribution is 2.26. The molecule has 1 rings (SSSR count). The fraction of sp³-hybridized carbons (Fsp3) is 0.385. The summed E-state index contributed by atoms with van der Waals surface area (Å²) >= 11 is 3.56. The summed E-state index contributed by atoms with van der Waals surface area (Å²) in [7, 11) is 0. The van der Waals surface area contributed by atoms with Crippen LogP contribution in [0.5, 0.6) is 0 Å². The first-order chi connectivity index (χ1) is 7.60. The second-order valence-electron chi connectivity index (χ2n) is 3.82. The zero-order valence-corrected chi connectivity index (χ0v) is 11.5. The first-order valence-corrected chi connectivity index (χ1v) is 6.01. The molecule has 0 saturated carbocycles. The quantitative estimate of drug-likeness (QED) is 0.508. The van der Waals surface area contributed by atoms with E-state index < -0.39 is 0 Å². The molecule has 0 fully saturated rings. The minimum atomic E-state index is 0.0953. The van der Waals surface area contributed by atoms with Crippen molar-refractivity contribution in [3.05, 3.63) is 33.3 Å². The summed E-state index contributed by atoms with van der Waals surface area (Å²) in [4.78, 5) is 0. The van der Waals surface area contributed by atoms with Crippen molar-refractivity contribution in [3.63, 3.8) is 0 Å². The maximum atomic E-state index is 5.55. The summed E-state index contributed by atoms with van der Waals surface area (Å²) in [5.74, 6) is 11.5. The van der Waals surface area contributed by atoms with Crippen LogP contribution in [-0.4, -0.2) is 0 Å². The van der Waals surface area contributed by atoms with Crippen molar-refractivity contribution >= 4 is 15.9 Å². The van der Waals surface area contributed by atoms with Crippen molar-refractivity contribution in [1.29, 1.82) is 0 Å². The van der Waals surface area contributed by atoms with Gasteiger partial charge in [-0.3, -0.25) is 11.3 Å². The van der Waals surface area contributed by atoms with Gasteiger partial charge in [-0.2, -0.15) is 0 Å². The SMILES string of the molecule is CC#CCC(NN)c1cc(C)c(Br)c(C)c1. The molecule has 0 aliphatic heterocycles. The van der Waals surface area contributed by atoms with Gasteiger partial charge in [-0.1, -0.05) is 28.1 Å². The number of rotatable bonds is 3. The predicted octanol–water partition coefficient (Wildman–Crippen LogP) is 2.98. The van der Waals surface area contributed by atoms with Gasteiger partial charge in [0.05, 0.1) is 6.04 Å². The Morgan fingerprint density at radius 3 is 2.38 bits per heavy atom. The summed E-state index contributed by atoms with van der Waals surface area (Å²) in [5.41, 5.74) is 6.44. The topological polar surface area (TPSA) is 38.0 Å². The number of hydrazine groups is 1. The van der Waals surface area contributed by atoms with Gasteiger partial charge in [0.1, 0.15) is 0 Å².